The highest BCUT2D eigenvalue weighted by Gasteiger charge is 2.54. The number of rotatable bonds is 1. The van der Waals surface area contributed by atoms with E-state index >= 15 is 0 Å². The number of hydrogen-bond acceptors (Lipinski definition) is 2. The van der Waals surface area contributed by atoms with Gasteiger partial charge in [-0.2, -0.15) is 0 Å². The van der Waals surface area contributed by atoms with Crippen LogP contribution >= 0.6 is 0 Å². The van der Waals surface area contributed by atoms with Crippen molar-refractivity contribution in [3.63, 3.8) is 0 Å². The fraction of sp³-hybridized carbons (Fsp3) is 0.923. The molecule has 2 amide bonds. The van der Waals surface area contributed by atoms with Crippen molar-refractivity contribution in [1.82, 2.24) is 14.7 Å². The molecular formula is C13H25N3O. The summed E-state index contributed by atoms with van der Waals surface area (Å²) in [6.07, 6.45) is 2.49. The SMILES string of the molecule is CC1CN(C(C)C)C2(CC2)CN1C(=O)N(C)C. The molecule has 4 nitrogen and oxygen atoms in total. The van der Waals surface area contributed by atoms with Gasteiger partial charge < -0.3 is 9.80 Å². The van der Waals surface area contributed by atoms with Gasteiger partial charge in [0.25, 0.3) is 0 Å². The molecule has 17 heavy (non-hydrogen) atoms. The minimum atomic E-state index is 0.159. The first-order chi connectivity index (χ1) is 7.87. The van der Waals surface area contributed by atoms with Crippen molar-refractivity contribution >= 4 is 6.03 Å². The lowest BCUT2D eigenvalue weighted by molar-refractivity contribution is 0.0161. The second-order valence-corrected chi connectivity index (χ2v) is 6.12. The summed E-state index contributed by atoms with van der Waals surface area (Å²) in [5.41, 5.74) is 0.298. The predicted octanol–water partition coefficient (Wildman–Crippen LogP) is 1.62. The van der Waals surface area contributed by atoms with Crippen LogP contribution in [0.3, 0.4) is 0 Å². The average molecular weight is 239 g/mol. The van der Waals surface area contributed by atoms with Gasteiger partial charge in [0, 0.05) is 44.8 Å². The lowest BCUT2D eigenvalue weighted by Crippen LogP contribution is -2.63. The summed E-state index contributed by atoms with van der Waals surface area (Å²) in [6.45, 7) is 8.60. The van der Waals surface area contributed by atoms with Gasteiger partial charge in [-0.1, -0.05) is 0 Å². The van der Waals surface area contributed by atoms with E-state index < -0.39 is 0 Å². The minimum Gasteiger partial charge on any atom is -0.331 e. The van der Waals surface area contributed by atoms with E-state index in [0.29, 0.717) is 17.6 Å². The van der Waals surface area contributed by atoms with Gasteiger partial charge in [0.15, 0.2) is 0 Å². The van der Waals surface area contributed by atoms with Crippen molar-refractivity contribution < 1.29 is 4.79 Å². The molecule has 1 saturated carbocycles. The summed E-state index contributed by atoms with van der Waals surface area (Å²) in [6, 6.07) is 1.06. The zero-order valence-electron chi connectivity index (χ0n) is 11.7. The van der Waals surface area contributed by atoms with Crippen molar-refractivity contribution in [2.45, 2.75) is 51.2 Å². The Hall–Kier alpha value is -0.770. The molecule has 0 bridgehead atoms. The highest BCUT2D eigenvalue weighted by Crippen LogP contribution is 2.46. The molecule has 98 valence electrons. The van der Waals surface area contributed by atoms with E-state index in [0.717, 1.165) is 13.1 Å². The number of hydrogen-bond donors (Lipinski definition) is 0. The predicted molar refractivity (Wildman–Crippen MR) is 69.1 cm³/mol. The zero-order chi connectivity index (χ0) is 12.8. The number of nitrogens with zero attached hydrogens (tertiary/aromatic N) is 3. The molecule has 1 atom stereocenters. The molecule has 2 aliphatic rings. The van der Waals surface area contributed by atoms with Crippen molar-refractivity contribution in [3.05, 3.63) is 0 Å². The first-order valence-electron chi connectivity index (χ1n) is 6.62. The first-order valence-corrected chi connectivity index (χ1v) is 6.62. The Morgan fingerprint density at radius 1 is 1.35 bits per heavy atom. The number of amides is 2. The van der Waals surface area contributed by atoms with Gasteiger partial charge in [-0.15, -0.1) is 0 Å². The quantitative estimate of drug-likeness (QED) is 0.695. The van der Waals surface area contributed by atoms with E-state index in [1.807, 2.05) is 19.0 Å². The zero-order valence-corrected chi connectivity index (χ0v) is 11.7. The van der Waals surface area contributed by atoms with Crippen LogP contribution in [0.1, 0.15) is 33.6 Å². The maximum Gasteiger partial charge on any atom is 0.319 e. The Balaban J connectivity index is 2.12. The van der Waals surface area contributed by atoms with Gasteiger partial charge in [0.1, 0.15) is 0 Å². The number of carbonyl (C=O) groups is 1. The van der Waals surface area contributed by atoms with Crippen LogP contribution in [0.25, 0.3) is 0 Å². The summed E-state index contributed by atoms with van der Waals surface area (Å²) in [5, 5.41) is 0. The van der Waals surface area contributed by atoms with E-state index in [4.69, 9.17) is 0 Å². The van der Waals surface area contributed by atoms with Crippen LogP contribution in [0.2, 0.25) is 0 Å². The molecule has 2 fully saturated rings. The van der Waals surface area contributed by atoms with Crippen LogP contribution < -0.4 is 0 Å². The molecule has 0 aromatic carbocycles. The number of urea groups is 1. The molecule has 0 aromatic heterocycles. The summed E-state index contributed by atoms with van der Waals surface area (Å²) in [7, 11) is 3.67. The van der Waals surface area contributed by atoms with Gasteiger partial charge >= 0.3 is 6.03 Å². The Morgan fingerprint density at radius 3 is 2.35 bits per heavy atom. The third kappa shape index (κ3) is 2.15. The molecule has 0 N–H and O–H groups in total. The van der Waals surface area contributed by atoms with E-state index in [1.165, 1.54) is 12.8 Å². The molecule has 1 aliphatic carbocycles. The molecule has 1 spiro atoms. The summed E-state index contributed by atoms with van der Waals surface area (Å²) < 4.78 is 0. The van der Waals surface area contributed by atoms with Crippen LogP contribution in [0.15, 0.2) is 0 Å². The first kappa shape index (κ1) is 12.7. The Bertz CT molecular complexity index is 310. The van der Waals surface area contributed by atoms with E-state index in [2.05, 4.69) is 25.7 Å². The second-order valence-electron chi connectivity index (χ2n) is 6.12. The van der Waals surface area contributed by atoms with E-state index in [1.54, 1.807) is 4.90 Å². The molecule has 4 heteroatoms. The highest BCUT2D eigenvalue weighted by atomic mass is 16.2. The van der Waals surface area contributed by atoms with Crippen molar-refractivity contribution in [1.29, 1.82) is 0 Å². The summed E-state index contributed by atoms with van der Waals surface area (Å²) >= 11 is 0. The average Bonchev–Trinajstić information content (AvgIpc) is 3.00. The molecule has 1 heterocycles. The molecule has 0 aromatic rings. The highest BCUT2D eigenvalue weighted by molar-refractivity contribution is 5.74. The van der Waals surface area contributed by atoms with Gasteiger partial charge in [0.05, 0.1) is 0 Å². The second kappa shape index (κ2) is 4.16. The van der Waals surface area contributed by atoms with Crippen LogP contribution in [0.5, 0.6) is 0 Å². The van der Waals surface area contributed by atoms with Gasteiger partial charge in [0.2, 0.25) is 0 Å². The fourth-order valence-electron chi connectivity index (χ4n) is 3.00. The summed E-state index contributed by atoms with van der Waals surface area (Å²) in [4.78, 5) is 18.5. The normalized spacial score (nSPS) is 27.6. The van der Waals surface area contributed by atoms with Crippen molar-refractivity contribution in [2.75, 3.05) is 27.2 Å². The Kier molecular flexibility index (Phi) is 3.10. The van der Waals surface area contributed by atoms with Crippen molar-refractivity contribution in [3.8, 4) is 0 Å². The smallest absolute Gasteiger partial charge is 0.319 e. The third-order valence-electron chi connectivity index (χ3n) is 4.15. The lowest BCUT2D eigenvalue weighted by atomic mass is 10.0. The van der Waals surface area contributed by atoms with Gasteiger partial charge in [-0.25, -0.2) is 4.79 Å². The standard InChI is InChI=1S/C13H25N3O/c1-10(2)16-8-11(3)15(12(17)14(4)5)9-13(16)6-7-13/h10-11H,6-9H2,1-5H3. The molecule has 1 saturated heterocycles. The topological polar surface area (TPSA) is 26.8 Å². The molecule has 0 radical (unpaired) electrons. The molecular weight excluding hydrogens is 214 g/mol. The maximum atomic E-state index is 12.1. The van der Waals surface area contributed by atoms with Crippen LogP contribution in [-0.4, -0.2) is 65.5 Å². The Morgan fingerprint density at radius 2 is 1.94 bits per heavy atom. The molecule has 1 aliphatic heterocycles. The third-order valence-corrected chi connectivity index (χ3v) is 4.15. The van der Waals surface area contributed by atoms with Gasteiger partial charge in [-0.05, 0) is 33.6 Å². The minimum absolute atomic E-state index is 0.159. The molecule has 1 unspecified atom stereocenters. The maximum absolute atomic E-state index is 12.1. The van der Waals surface area contributed by atoms with Crippen LogP contribution in [0.4, 0.5) is 4.79 Å². The largest absolute Gasteiger partial charge is 0.331 e. The van der Waals surface area contributed by atoms with E-state index in [-0.39, 0.29) is 6.03 Å². The fourth-order valence-corrected chi connectivity index (χ4v) is 3.00. The van der Waals surface area contributed by atoms with Gasteiger partial charge in [-0.3, -0.25) is 4.90 Å². The van der Waals surface area contributed by atoms with E-state index in [9.17, 15) is 4.79 Å². The molecule has 2 rings (SSSR count). The lowest BCUT2D eigenvalue weighted by Gasteiger charge is -2.48. The monoisotopic (exact) mass is 239 g/mol. The Labute approximate surface area is 105 Å². The van der Waals surface area contributed by atoms with Crippen molar-refractivity contribution in [2.24, 2.45) is 0 Å². The van der Waals surface area contributed by atoms with Crippen LogP contribution in [0, 0.1) is 0 Å². The number of piperazine rings is 1. The summed E-state index contributed by atoms with van der Waals surface area (Å²) in [5.74, 6) is 0. The number of carbonyl (C=O) groups excluding carboxylic acids is 1. The van der Waals surface area contributed by atoms with Crippen LogP contribution in [-0.2, 0) is 0 Å².